The van der Waals surface area contributed by atoms with Crippen molar-refractivity contribution in [2.45, 2.75) is 19.4 Å². The molecule has 2 saturated heterocycles. The third-order valence-electron chi connectivity index (χ3n) is 4.81. The Hall–Kier alpha value is -1.96. The van der Waals surface area contributed by atoms with Crippen LogP contribution in [0.4, 0.5) is 5.69 Å². The van der Waals surface area contributed by atoms with E-state index in [2.05, 4.69) is 9.80 Å². The molecule has 2 fully saturated rings. The normalized spacial score (nSPS) is 23.2. The number of aliphatic hydroxyl groups is 1. The smallest absolute Gasteiger partial charge is 0.251 e. The average molecular weight is 333 g/mol. The van der Waals surface area contributed by atoms with Gasteiger partial charge in [0.2, 0.25) is 5.91 Å². The number of hydrogen-bond acceptors (Lipinski definition) is 6. The van der Waals surface area contributed by atoms with Gasteiger partial charge in [0.1, 0.15) is 5.75 Å². The zero-order valence-electron chi connectivity index (χ0n) is 13.8. The Labute approximate surface area is 141 Å². The molecule has 7 nitrogen and oxygen atoms in total. The molecule has 1 atom stereocenters. The van der Waals surface area contributed by atoms with Crippen molar-refractivity contribution in [1.82, 2.24) is 9.80 Å². The number of rotatable bonds is 4. The Morgan fingerprint density at radius 3 is 2.50 bits per heavy atom. The molecule has 3 rings (SSSR count). The van der Waals surface area contributed by atoms with E-state index in [-0.39, 0.29) is 30.6 Å². The van der Waals surface area contributed by atoms with Gasteiger partial charge in [-0.1, -0.05) is 0 Å². The number of aliphatic hydroxyl groups excluding tert-OH is 1. The molecular formula is C17H23N3O4. The first kappa shape index (κ1) is 16.9. The lowest BCUT2D eigenvalue weighted by Gasteiger charge is -2.36. The monoisotopic (exact) mass is 333 g/mol. The fourth-order valence-corrected chi connectivity index (χ4v) is 3.48. The highest BCUT2D eigenvalue weighted by molar-refractivity contribution is 6.22. The Morgan fingerprint density at radius 1 is 1.17 bits per heavy atom. The summed E-state index contributed by atoms with van der Waals surface area (Å²) in [5.74, 6) is -0.270. The third-order valence-corrected chi connectivity index (χ3v) is 4.81. The summed E-state index contributed by atoms with van der Waals surface area (Å²) in [6, 6.07) is 4.24. The Morgan fingerprint density at radius 2 is 1.88 bits per heavy atom. The molecule has 0 radical (unpaired) electrons. The van der Waals surface area contributed by atoms with Crippen molar-refractivity contribution in [1.29, 1.82) is 0 Å². The molecule has 2 N–H and O–H groups in total. The number of imide groups is 1. The van der Waals surface area contributed by atoms with Gasteiger partial charge in [0.25, 0.3) is 5.91 Å². The van der Waals surface area contributed by atoms with Crippen molar-refractivity contribution in [2.75, 3.05) is 44.2 Å². The number of piperazine rings is 1. The molecule has 130 valence electrons. The summed E-state index contributed by atoms with van der Waals surface area (Å²) < 4.78 is 0. The van der Waals surface area contributed by atoms with Crippen LogP contribution < -0.4 is 4.90 Å². The molecule has 1 aromatic rings. The van der Waals surface area contributed by atoms with E-state index in [4.69, 9.17) is 5.11 Å². The van der Waals surface area contributed by atoms with E-state index in [1.165, 1.54) is 11.0 Å². The quantitative estimate of drug-likeness (QED) is 0.751. The molecule has 2 aliphatic heterocycles. The number of benzene rings is 1. The summed E-state index contributed by atoms with van der Waals surface area (Å²) in [6.45, 7) is 5.56. The molecule has 0 saturated carbocycles. The molecule has 0 spiro atoms. The van der Waals surface area contributed by atoms with Crippen LogP contribution in [-0.2, 0) is 9.59 Å². The Balaban J connectivity index is 1.73. The van der Waals surface area contributed by atoms with Crippen LogP contribution in [0.25, 0.3) is 0 Å². The minimum Gasteiger partial charge on any atom is -0.508 e. The van der Waals surface area contributed by atoms with Crippen LogP contribution in [0.3, 0.4) is 0 Å². The van der Waals surface area contributed by atoms with Crippen LogP contribution in [0, 0.1) is 6.92 Å². The lowest BCUT2D eigenvalue weighted by atomic mass is 10.1. The number of amides is 2. The number of hydrogen-bond donors (Lipinski definition) is 2. The van der Waals surface area contributed by atoms with Crippen LogP contribution in [0.1, 0.15) is 12.0 Å². The minimum absolute atomic E-state index is 0.118. The number of nitrogens with zero attached hydrogens (tertiary/aromatic N) is 3. The second-order valence-corrected chi connectivity index (χ2v) is 6.36. The molecular weight excluding hydrogens is 310 g/mol. The van der Waals surface area contributed by atoms with Crippen molar-refractivity contribution in [3.8, 4) is 5.75 Å². The van der Waals surface area contributed by atoms with Crippen molar-refractivity contribution in [3.05, 3.63) is 23.8 Å². The number of phenolic OH excluding ortho intramolecular Hbond substituents is 1. The second kappa shape index (κ2) is 6.88. The second-order valence-electron chi connectivity index (χ2n) is 6.36. The zero-order chi connectivity index (χ0) is 17.3. The first-order valence-electron chi connectivity index (χ1n) is 8.25. The summed E-state index contributed by atoms with van der Waals surface area (Å²) in [6.07, 6.45) is 0.194. The van der Waals surface area contributed by atoms with Gasteiger partial charge in [0.15, 0.2) is 0 Å². The molecule has 0 bridgehead atoms. The van der Waals surface area contributed by atoms with E-state index in [9.17, 15) is 14.7 Å². The molecule has 1 unspecified atom stereocenters. The van der Waals surface area contributed by atoms with Crippen molar-refractivity contribution in [3.63, 3.8) is 0 Å². The van der Waals surface area contributed by atoms with Crippen molar-refractivity contribution >= 4 is 17.5 Å². The van der Waals surface area contributed by atoms with E-state index in [1.54, 1.807) is 19.1 Å². The predicted molar refractivity (Wildman–Crippen MR) is 88.8 cm³/mol. The predicted octanol–water partition coefficient (Wildman–Crippen LogP) is -0.0576. The largest absolute Gasteiger partial charge is 0.508 e. The summed E-state index contributed by atoms with van der Waals surface area (Å²) in [4.78, 5) is 30.7. The van der Waals surface area contributed by atoms with Crippen LogP contribution in [-0.4, -0.2) is 77.2 Å². The first-order valence-corrected chi connectivity index (χ1v) is 8.25. The number of carbonyl (C=O) groups excluding carboxylic acids is 2. The number of anilines is 1. The van der Waals surface area contributed by atoms with E-state index in [1.807, 2.05) is 0 Å². The third kappa shape index (κ3) is 3.15. The SMILES string of the molecule is Cc1cc(O)ccc1N1C(=O)CC(N2CCN(CCO)CC2)C1=O. The Kier molecular flexibility index (Phi) is 4.84. The number of β-amino-alcohol motifs (C(OH)–C–C–N with tert-alkyl or cyclic N) is 1. The minimum atomic E-state index is -0.415. The maximum atomic E-state index is 12.8. The van der Waals surface area contributed by atoms with Crippen LogP contribution in [0.5, 0.6) is 5.75 Å². The lowest BCUT2D eigenvalue weighted by Crippen LogP contribution is -2.53. The van der Waals surface area contributed by atoms with Gasteiger partial charge in [-0.2, -0.15) is 0 Å². The Bertz CT molecular complexity index is 641. The maximum absolute atomic E-state index is 12.8. The van der Waals surface area contributed by atoms with Crippen LogP contribution in [0.2, 0.25) is 0 Å². The van der Waals surface area contributed by atoms with E-state index in [0.29, 0.717) is 30.9 Å². The van der Waals surface area contributed by atoms with Crippen molar-refractivity contribution < 1.29 is 19.8 Å². The molecule has 2 aliphatic rings. The van der Waals surface area contributed by atoms with Gasteiger partial charge < -0.3 is 10.2 Å². The van der Waals surface area contributed by atoms with Gasteiger partial charge in [0, 0.05) is 32.7 Å². The number of phenols is 1. The fourth-order valence-electron chi connectivity index (χ4n) is 3.48. The molecule has 1 aromatic carbocycles. The highest BCUT2D eigenvalue weighted by atomic mass is 16.3. The highest BCUT2D eigenvalue weighted by Gasteiger charge is 2.43. The van der Waals surface area contributed by atoms with Gasteiger partial charge in [-0.05, 0) is 30.7 Å². The van der Waals surface area contributed by atoms with Gasteiger partial charge in [0.05, 0.1) is 24.8 Å². The number of aryl methyl sites for hydroxylation is 1. The molecule has 24 heavy (non-hydrogen) atoms. The molecule has 2 heterocycles. The number of aromatic hydroxyl groups is 1. The molecule has 0 aromatic heterocycles. The van der Waals surface area contributed by atoms with Crippen molar-refractivity contribution in [2.24, 2.45) is 0 Å². The average Bonchev–Trinajstić information content (AvgIpc) is 2.84. The summed E-state index contributed by atoms with van der Waals surface area (Å²) in [5, 5.41) is 18.5. The van der Waals surface area contributed by atoms with Crippen LogP contribution >= 0.6 is 0 Å². The van der Waals surface area contributed by atoms with E-state index < -0.39 is 6.04 Å². The topological polar surface area (TPSA) is 84.3 Å². The molecule has 7 heteroatoms. The standard InChI is InChI=1S/C17H23N3O4/c1-12-10-13(22)2-3-14(12)20-16(23)11-15(17(20)24)19-6-4-18(5-7-19)8-9-21/h2-3,10,15,21-22H,4-9,11H2,1H3. The van der Waals surface area contributed by atoms with E-state index >= 15 is 0 Å². The van der Waals surface area contributed by atoms with Gasteiger partial charge in [-0.25, -0.2) is 4.90 Å². The molecule has 0 aliphatic carbocycles. The summed E-state index contributed by atoms with van der Waals surface area (Å²) in [7, 11) is 0. The van der Waals surface area contributed by atoms with E-state index in [0.717, 1.165) is 13.1 Å². The first-order chi connectivity index (χ1) is 11.5. The van der Waals surface area contributed by atoms with Gasteiger partial charge in [-0.3, -0.25) is 19.4 Å². The number of carbonyl (C=O) groups is 2. The fraction of sp³-hybridized carbons (Fsp3) is 0.529. The maximum Gasteiger partial charge on any atom is 0.251 e. The summed E-state index contributed by atoms with van der Waals surface area (Å²) >= 11 is 0. The van der Waals surface area contributed by atoms with Gasteiger partial charge >= 0.3 is 0 Å². The lowest BCUT2D eigenvalue weighted by molar-refractivity contribution is -0.123. The van der Waals surface area contributed by atoms with Gasteiger partial charge in [-0.15, -0.1) is 0 Å². The molecule has 2 amide bonds. The van der Waals surface area contributed by atoms with Crippen LogP contribution in [0.15, 0.2) is 18.2 Å². The highest BCUT2D eigenvalue weighted by Crippen LogP contribution is 2.30. The summed E-state index contributed by atoms with van der Waals surface area (Å²) in [5.41, 5.74) is 1.24. The zero-order valence-corrected chi connectivity index (χ0v) is 13.8.